The number of amides is 1. The van der Waals surface area contributed by atoms with Crippen LogP contribution >= 0.6 is 11.6 Å². The van der Waals surface area contributed by atoms with Gasteiger partial charge >= 0.3 is 0 Å². The number of halogens is 1. The predicted octanol–water partition coefficient (Wildman–Crippen LogP) is 2.46. The minimum absolute atomic E-state index is 0.00138. The first-order valence-corrected chi connectivity index (χ1v) is 7.87. The second-order valence-corrected chi connectivity index (χ2v) is 6.54. The molecule has 114 valence electrons. The number of carbonyl (C=O) groups excluding carboxylic acids is 1. The number of hydrogen-bond acceptors (Lipinski definition) is 3. The Balaban J connectivity index is 1.82. The fourth-order valence-electron chi connectivity index (χ4n) is 3.25. The van der Waals surface area contributed by atoms with Crippen LogP contribution in [0.4, 0.5) is 5.69 Å². The predicted molar refractivity (Wildman–Crippen MR) is 83.8 cm³/mol. The monoisotopic (exact) mass is 308 g/mol. The van der Waals surface area contributed by atoms with Crippen molar-refractivity contribution in [2.24, 2.45) is 5.92 Å². The summed E-state index contributed by atoms with van der Waals surface area (Å²) in [6.45, 7) is 4.87. The van der Waals surface area contributed by atoms with Gasteiger partial charge < -0.3 is 15.0 Å². The van der Waals surface area contributed by atoms with E-state index in [9.17, 15) is 4.79 Å². The maximum atomic E-state index is 12.2. The van der Waals surface area contributed by atoms with Gasteiger partial charge in [0.2, 0.25) is 0 Å². The Morgan fingerprint density at radius 2 is 2.33 bits per heavy atom. The average molecular weight is 309 g/mol. The van der Waals surface area contributed by atoms with Gasteiger partial charge in [-0.2, -0.15) is 0 Å². The number of nitrogens with one attached hydrogen (secondary N) is 1. The molecule has 0 radical (unpaired) electrons. The maximum Gasteiger partial charge on any atom is 0.253 e. The lowest BCUT2D eigenvalue weighted by molar-refractivity contribution is -0.144. The first-order valence-electron chi connectivity index (χ1n) is 7.49. The largest absolute Gasteiger partial charge is 0.363 e. The van der Waals surface area contributed by atoms with Gasteiger partial charge in [-0.05, 0) is 44.5 Å². The molecular formula is C16H21ClN2O2. The zero-order valence-electron chi connectivity index (χ0n) is 12.3. The summed E-state index contributed by atoms with van der Waals surface area (Å²) in [7, 11) is 0. The van der Waals surface area contributed by atoms with Gasteiger partial charge in [0.05, 0.1) is 12.1 Å². The molecule has 2 aliphatic rings. The van der Waals surface area contributed by atoms with Crippen molar-refractivity contribution < 1.29 is 9.53 Å². The van der Waals surface area contributed by atoms with Crippen LogP contribution in [0.5, 0.6) is 0 Å². The molecule has 5 heteroatoms. The number of carbonyl (C=O) groups is 1. The molecule has 0 spiro atoms. The van der Waals surface area contributed by atoms with E-state index in [1.807, 2.05) is 29.2 Å². The maximum absolute atomic E-state index is 12.2. The number of anilines is 1. The molecule has 1 N–H and O–H groups in total. The quantitative estimate of drug-likeness (QED) is 0.912. The first-order chi connectivity index (χ1) is 10.1. The molecule has 1 aromatic carbocycles. The average Bonchev–Trinajstić information content (AvgIpc) is 2.51. The summed E-state index contributed by atoms with van der Waals surface area (Å²) in [6, 6.07) is 7.46. The van der Waals surface area contributed by atoms with E-state index >= 15 is 0 Å². The van der Waals surface area contributed by atoms with Gasteiger partial charge in [0, 0.05) is 23.2 Å². The first kappa shape index (κ1) is 14.8. The lowest BCUT2D eigenvalue weighted by Crippen LogP contribution is -2.59. The van der Waals surface area contributed by atoms with Gasteiger partial charge in [-0.3, -0.25) is 4.79 Å². The van der Waals surface area contributed by atoms with Gasteiger partial charge in [-0.25, -0.2) is 0 Å². The molecule has 1 amide bonds. The molecule has 2 aliphatic heterocycles. The van der Waals surface area contributed by atoms with Crippen LogP contribution in [0.15, 0.2) is 24.3 Å². The second kappa shape index (κ2) is 5.95. The van der Waals surface area contributed by atoms with Crippen molar-refractivity contribution in [2.75, 3.05) is 31.1 Å². The fourth-order valence-corrected chi connectivity index (χ4v) is 3.44. The molecule has 0 aromatic heterocycles. The number of piperidine rings is 1. The third-order valence-corrected chi connectivity index (χ3v) is 4.81. The zero-order chi connectivity index (χ0) is 14.9. The van der Waals surface area contributed by atoms with E-state index in [4.69, 9.17) is 16.3 Å². The molecule has 1 aromatic rings. The van der Waals surface area contributed by atoms with Crippen molar-refractivity contribution >= 4 is 23.2 Å². The number of hydrogen-bond donors (Lipinski definition) is 1. The molecule has 2 heterocycles. The van der Waals surface area contributed by atoms with Crippen LogP contribution in [0.2, 0.25) is 5.02 Å². The standard InChI is InChI=1S/C16H21ClN2O2/c1-16(12-4-3-7-18-9-12)11-19(15(20)10-21-16)14-6-2-5-13(17)8-14/h2,5-6,8,12,18H,3-4,7,9-11H2,1H3. The van der Waals surface area contributed by atoms with Gasteiger partial charge in [0.25, 0.3) is 5.91 Å². The highest BCUT2D eigenvalue weighted by Gasteiger charge is 2.42. The van der Waals surface area contributed by atoms with Crippen molar-refractivity contribution in [3.8, 4) is 0 Å². The van der Waals surface area contributed by atoms with Crippen LogP contribution in [0.25, 0.3) is 0 Å². The molecular weight excluding hydrogens is 288 g/mol. The molecule has 0 aliphatic carbocycles. The van der Waals surface area contributed by atoms with Crippen molar-refractivity contribution in [3.05, 3.63) is 29.3 Å². The van der Waals surface area contributed by atoms with Crippen LogP contribution in [-0.4, -0.2) is 37.7 Å². The Hall–Kier alpha value is -1.10. The molecule has 4 nitrogen and oxygen atoms in total. The number of rotatable bonds is 2. The van der Waals surface area contributed by atoms with Crippen molar-refractivity contribution in [1.29, 1.82) is 0 Å². The Kier molecular flexibility index (Phi) is 4.20. The third-order valence-electron chi connectivity index (χ3n) is 4.58. The number of morpholine rings is 1. The Labute approximate surface area is 130 Å². The Morgan fingerprint density at radius 3 is 3.05 bits per heavy atom. The third kappa shape index (κ3) is 3.07. The summed E-state index contributed by atoms with van der Waals surface area (Å²) in [5.41, 5.74) is 0.551. The summed E-state index contributed by atoms with van der Waals surface area (Å²) in [5, 5.41) is 4.07. The highest BCUT2D eigenvalue weighted by Crippen LogP contribution is 2.33. The van der Waals surface area contributed by atoms with Gasteiger partial charge in [-0.1, -0.05) is 17.7 Å². The van der Waals surface area contributed by atoms with Crippen molar-refractivity contribution in [2.45, 2.75) is 25.4 Å². The molecule has 3 rings (SSSR count). The van der Waals surface area contributed by atoms with E-state index in [1.54, 1.807) is 0 Å². The van der Waals surface area contributed by atoms with E-state index in [1.165, 1.54) is 0 Å². The highest BCUT2D eigenvalue weighted by atomic mass is 35.5. The molecule has 21 heavy (non-hydrogen) atoms. The summed E-state index contributed by atoms with van der Waals surface area (Å²) >= 11 is 6.05. The highest BCUT2D eigenvalue weighted by molar-refractivity contribution is 6.30. The fraction of sp³-hybridized carbons (Fsp3) is 0.562. The Morgan fingerprint density at radius 1 is 1.48 bits per heavy atom. The SMILES string of the molecule is CC1(C2CCCNC2)CN(c2cccc(Cl)c2)C(=O)CO1. The van der Waals surface area contributed by atoms with E-state index in [2.05, 4.69) is 12.2 Å². The van der Waals surface area contributed by atoms with Crippen LogP contribution in [0.3, 0.4) is 0 Å². The Bertz CT molecular complexity index is 531. The lowest BCUT2D eigenvalue weighted by atomic mass is 9.82. The normalized spacial score (nSPS) is 30.5. The van der Waals surface area contributed by atoms with E-state index in [0.717, 1.165) is 31.6 Å². The smallest absolute Gasteiger partial charge is 0.253 e. The van der Waals surface area contributed by atoms with Crippen molar-refractivity contribution in [1.82, 2.24) is 5.32 Å². The van der Waals surface area contributed by atoms with Crippen LogP contribution in [0, 0.1) is 5.92 Å². The minimum Gasteiger partial charge on any atom is -0.363 e. The zero-order valence-corrected chi connectivity index (χ0v) is 13.0. The summed E-state index contributed by atoms with van der Waals surface area (Å²) in [5.74, 6) is 0.430. The molecule has 0 bridgehead atoms. The molecule has 2 unspecified atom stereocenters. The summed E-state index contributed by atoms with van der Waals surface area (Å²) < 4.78 is 5.93. The number of nitrogens with zero attached hydrogens (tertiary/aromatic N) is 1. The van der Waals surface area contributed by atoms with E-state index in [-0.39, 0.29) is 18.1 Å². The van der Waals surface area contributed by atoms with E-state index < -0.39 is 0 Å². The topological polar surface area (TPSA) is 41.6 Å². The van der Waals surface area contributed by atoms with E-state index in [0.29, 0.717) is 17.5 Å². The number of benzene rings is 1. The van der Waals surface area contributed by atoms with Crippen LogP contribution in [0.1, 0.15) is 19.8 Å². The van der Waals surface area contributed by atoms with Crippen molar-refractivity contribution in [3.63, 3.8) is 0 Å². The van der Waals surface area contributed by atoms with Gasteiger partial charge in [0.15, 0.2) is 0 Å². The second-order valence-electron chi connectivity index (χ2n) is 6.10. The van der Waals surface area contributed by atoms with Gasteiger partial charge in [0.1, 0.15) is 6.61 Å². The molecule has 0 saturated carbocycles. The molecule has 2 fully saturated rings. The van der Waals surface area contributed by atoms with Gasteiger partial charge in [-0.15, -0.1) is 0 Å². The summed E-state index contributed by atoms with van der Waals surface area (Å²) in [4.78, 5) is 14.0. The minimum atomic E-state index is -0.302. The van der Waals surface area contributed by atoms with Crippen LogP contribution < -0.4 is 10.2 Å². The van der Waals surface area contributed by atoms with Crippen LogP contribution in [-0.2, 0) is 9.53 Å². The molecule has 2 saturated heterocycles. The lowest BCUT2D eigenvalue weighted by Gasteiger charge is -2.46. The molecule has 2 atom stereocenters. The summed E-state index contributed by atoms with van der Waals surface area (Å²) in [6.07, 6.45) is 2.30. The number of ether oxygens (including phenoxy) is 1.